The summed E-state index contributed by atoms with van der Waals surface area (Å²) in [5.41, 5.74) is 4.42. The fourth-order valence-corrected chi connectivity index (χ4v) is 2.70. The van der Waals surface area contributed by atoms with Gasteiger partial charge >= 0.3 is 11.8 Å². The minimum atomic E-state index is -0.851. The van der Waals surface area contributed by atoms with E-state index in [-0.39, 0.29) is 0 Å². The quantitative estimate of drug-likeness (QED) is 0.212. The Bertz CT molecular complexity index is 888. The number of ether oxygens (including phenoxy) is 2. The zero-order valence-electron chi connectivity index (χ0n) is 17.6. The molecule has 0 atom stereocenters. The highest BCUT2D eigenvalue weighted by molar-refractivity contribution is 6.35. The van der Waals surface area contributed by atoms with Gasteiger partial charge in [-0.25, -0.2) is 5.43 Å². The summed E-state index contributed by atoms with van der Waals surface area (Å²) in [6, 6.07) is 12.7. The van der Waals surface area contributed by atoms with Crippen molar-refractivity contribution in [1.29, 1.82) is 0 Å². The number of benzene rings is 2. The van der Waals surface area contributed by atoms with Crippen molar-refractivity contribution in [3.05, 3.63) is 53.1 Å². The summed E-state index contributed by atoms with van der Waals surface area (Å²) in [4.78, 5) is 23.6. The van der Waals surface area contributed by atoms with Crippen LogP contribution in [0.5, 0.6) is 5.75 Å². The van der Waals surface area contributed by atoms with Crippen molar-refractivity contribution in [2.45, 2.75) is 20.3 Å². The standard InChI is InChI=1S/C22H27ClN4O4/c1-3-30-13-5-12-24-21(28)22(29)27-25-15-16-14-17(23)6-11-20(16)26-18-7-9-19(10-8-18)31-4-2/h6-11,14-15,26H,3-5,12-13H2,1-2H3,(H,24,28)(H,27,29)/b25-15-. The van der Waals surface area contributed by atoms with E-state index in [1.54, 1.807) is 18.2 Å². The van der Waals surface area contributed by atoms with Crippen LogP contribution in [-0.4, -0.2) is 44.4 Å². The van der Waals surface area contributed by atoms with Crippen LogP contribution in [-0.2, 0) is 14.3 Å². The molecule has 0 saturated heterocycles. The Hall–Kier alpha value is -3.10. The summed E-state index contributed by atoms with van der Waals surface area (Å²) in [5.74, 6) is -0.826. The van der Waals surface area contributed by atoms with E-state index in [1.807, 2.05) is 38.1 Å². The maximum absolute atomic E-state index is 11.9. The average molecular weight is 447 g/mol. The van der Waals surface area contributed by atoms with Gasteiger partial charge in [0.2, 0.25) is 0 Å². The number of hydrogen-bond donors (Lipinski definition) is 3. The monoisotopic (exact) mass is 446 g/mol. The third kappa shape index (κ3) is 8.65. The fourth-order valence-electron chi connectivity index (χ4n) is 2.52. The lowest BCUT2D eigenvalue weighted by molar-refractivity contribution is -0.139. The predicted molar refractivity (Wildman–Crippen MR) is 122 cm³/mol. The van der Waals surface area contributed by atoms with Crippen LogP contribution in [0.25, 0.3) is 0 Å². The molecule has 31 heavy (non-hydrogen) atoms. The van der Waals surface area contributed by atoms with Gasteiger partial charge in [-0.1, -0.05) is 11.6 Å². The summed E-state index contributed by atoms with van der Waals surface area (Å²) in [6.45, 7) is 5.90. The minimum absolute atomic E-state index is 0.348. The second-order valence-electron chi connectivity index (χ2n) is 6.32. The van der Waals surface area contributed by atoms with E-state index in [1.165, 1.54) is 6.21 Å². The van der Waals surface area contributed by atoms with Crippen molar-refractivity contribution in [1.82, 2.24) is 10.7 Å². The van der Waals surface area contributed by atoms with E-state index < -0.39 is 11.8 Å². The lowest BCUT2D eigenvalue weighted by Gasteiger charge is -2.11. The summed E-state index contributed by atoms with van der Waals surface area (Å²) in [7, 11) is 0. The summed E-state index contributed by atoms with van der Waals surface area (Å²) < 4.78 is 10.6. The number of carbonyl (C=O) groups is 2. The Morgan fingerprint density at radius 3 is 2.55 bits per heavy atom. The zero-order valence-corrected chi connectivity index (χ0v) is 18.4. The van der Waals surface area contributed by atoms with E-state index in [4.69, 9.17) is 21.1 Å². The topological polar surface area (TPSA) is 101 Å². The highest BCUT2D eigenvalue weighted by Gasteiger charge is 2.11. The van der Waals surface area contributed by atoms with Crippen LogP contribution < -0.4 is 20.8 Å². The number of hydrogen-bond acceptors (Lipinski definition) is 6. The maximum atomic E-state index is 11.9. The van der Waals surface area contributed by atoms with Gasteiger partial charge in [0, 0.05) is 41.7 Å². The smallest absolute Gasteiger partial charge is 0.329 e. The van der Waals surface area contributed by atoms with Crippen molar-refractivity contribution in [2.75, 3.05) is 31.7 Å². The summed E-state index contributed by atoms with van der Waals surface area (Å²) >= 11 is 6.09. The van der Waals surface area contributed by atoms with Gasteiger partial charge in [-0.15, -0.1) is 0 Å². The van der Waals surface area contributed by atoms with Crippen LogP contribution in [0.1, 0.15) is 25.8 Å². The first kappa shape index (κ1) is 24.2. The van der Waals surface area contributed by atoms with Crippen molar-refractivity contribution in [3.63, 3.8) is 0 Å². The highest BCUT2D eigenvalue weighted by atomic mass is 35.5. The third-order valence-electron chi connectivity index (χ3n) is 3.99. The molecule has 0 spiro atoms. The Kier molecular flexibility index (Phi) is 10.3. The molecule has 9 heteroatoms. The second-order valence-corrected chi connectivity index (χ2v) is 6.76. The van der Waals surface area contributed by atoms with Gasteiger partial charge in [0.1, 0.15) is 5.75 Å². The molecule has 0 heterocycles. The van der Waals surface area contributed by atoms with Gasteiger partial charge in [0.25, 0.3) is 0 Å². The molecule has 3 N–H and O–H groups in total. The number of rotatable bonds is 11. The molecule has 0 aliphatic carbocycles. The van der Waals surface area contributed by atoms with Crippen LogP contribution >= 0.6 is 11.6 Å². The first-order valence-corrected chi connectivity index (χ1v) is 10.4. The lowest BCUT2D eigenvalue weighted by Crippen LogP contribution is -2.38. The number of anilines is 2. The van der Waals surface area contributed by atoms with E-state index >= 15 is 0 Å². The van der Waals surface area contributed by atoms with Crippen LogP contribution in [0.3, 0.4) is 0 Å². The van der Waals surface area contributed by atoms with Crippen molar-refractivity contribution in [3.8, 4) is 5.75 Å². The zero-order chi connectivity index (χ0) is 22.5. The summed E-state index contributed by atoms with van der Waals surface area (Å²) in [6.07, 6.45) is 2.04. The molecule has 0 saturated carbocycles. The second kappa shape index (κ2) is 13.3. The van der Waals surface area contributed by atoms with Gasteiger partial charge in [-0.05, 0) is 62.7 Å². The van der Waals surface area contributed by atoms with Crippen LogP contribution in [0.4, 0.5) is 11.4 Å². The fraction of sp³-hybridized carbons (Fsp3) is 0.318. The van der Waals surface area contributed by atoms with Crippen LogP contribution in [0.2, 0.25) is 5.02 Å². The molecule has 0 aliphatic heterocycles. The molecule has 0 aromatic heterocycles. The highest BCUT2D eigenvalue weighted by Crippen LogP contribution is 2.24. The minimum Gasteiger partial charge on any atom is -0.494 e. The van der Waals surface area contributed by atoms with E-state index in [0.717, 1.165) is 17.1 Å². The number of halogens is 1. The number of carbonyl (C=O) groups excluding carboxylic acids is 2. The first-order valence-electron chi connectivity index (χ1n) is 10.0. The molecule has 8 nitrogen and oxygen atoms in total. The molecule has 2 aromatic rings. The van der Waals surface area contributed by atoms with Crippen LogP contribution in [0, 0.1) is 0 Å². The third-order valence-corrected chi connectivity index (χ3v) is 4.22. The lowest BCUT2D eigenvalue weighted by atomic mass is 10.2. The molecule has 2 aromatic carbocycles. The molecule has 0 aliphatic rings. The molecule has 2 amide bonds. The number of hydrazone groups is 1. The van der Waals surface area contributed by atoms with Gasteiger partial charge in [-0.2, -0.15) is 5.10 Å². The molecular weight excluding hydrogens is 420 g/mol. The van der Waals surface area contributed by atoms with Crippen LogP contribution in [0.15, 0.2) is 47.6 Å². The molecule has 0 unspecified atom stereocenters. The molecule has 166 valence electrons. The van der Waals surface area contributed by atoms with Crippen molar-refractivity contribution < 1.29 is 19.1 Å². The average Bonchev–Trinajstić information content (AvgIpc) is 2.76. The number of nitrogens with zero attached hydrogens (tertiary/aromatic N) is 1. The molecule has 0 fully saturated rings. The van der Waals surface area contributed by atoms with Gasteiger partial charge in [0.05, 0.1) is 12.8 Å². The van der Waals surface area contributed by atoms with Gasteiger partial charge in [0.15, 0.2) is 0 Å². The van der Waals surface area contributed by atoms with E-state index in [9.17, 15) is 9.59 Å². The Balaban J connectivity index is 1.94. The van der Waals surface area contributed by atoms with E-state index in [0.29, 0.717) is 43.4 Å². The van der Waals surface area contributed by atoms with Crippen molar-refractivity contribution >= 4 is 41.0 Å². The molecule has 0 bridgehead atoms. The maximum Gasteiger partial charge on any atom is 0.329 e. The normalized spacial score (nSPS) is 10.7. The molecule has 0 radical (unpaired) electrons. The number of nitrogens with one attached hydrogen (secondary N) is 3. The van der Waals surface area contributed by atoms with Gasteiger partial charge in [-0.3, -0.25) is 9.59 Å². The van der Waals surface area contributed by atoms with E-state index in [2.05, 4.69) is 21.2 Å². The number of amides is 2. The van der Waals surface area contributed by atoms with Crippen molar-refractivity contribution in [2.24, 2.45) is 5.10 Å². The SMILES string of the molecule is CCOCCCNC(=O)C(=O)N/N=C\c1cc(Cl)ccc1Nc1ccc(OCC)cc1. The Morgan fingerprint density at radius 2 is 1.84 bits per heavy atom. The largest absolute Gasteiger partial charge is 0.494 e. The Morgan fingerprint density at radius 1 is 1.06 bits per heavy atom. The predicted octanol–water partition coefficient (Wildman–Crippen LogP) is 3.48. The summed E-state index contributed by atoms with van der Waals surface area (Å²) in [5, 5.41) is 10.2. The Labute approximate surface area is 187 Å². The molecule has 2 rings (SSSR count). The first-order chi connectivity index (χ1) is 15.0. The molecular formula is C22H27ClN4O4. The van der Waals surface area contributed by atoms with Gasteiger partial charge < -0.3 is 20.1 Å².